The van der Waals surface area contributed by atoms with E-state index in [4.69, 9.17) is 0 Å². The maximum atomic E-state index is 11.9. The van der Waals surface area contributed by atoms with Crippen molar-refractivity contribution >= 4 is 5.97 Å². The van der Waals surface area contributed by atoms with Crippen molar-refractivity contribution in [2.45, 2.75) is 71.8 Å². The number of hydrogen-bond acceptors (Lipinski definition) is 2. The molecular formula is C20H30O3. The number of hydrogen-bond donors (Lipinski definition) is 2. The third-order valence-electron chi connectivity index (χ3n) is 7.34. The number of carboxylic acid groups (broad SMARTS) is 1. The van der Waals surface area contributed by atoms with Gasteiger partial charge >= 0.3 is 5.97 Å². The Morgan fingerprint density at radius 1 is 1.22 bits per heavy atom. The van der Waals surface area contributed by atoms with Gasteiger partial charge in [-0.3, -0.25) is 4.79 Å². The summed E-state index contributed by atoms with van der Waals surface area (Å²) in [7, 11) is 0. The first-order chi connectivity index (χ1) is 10.6. The van der Waals surface area contributed by atoms with Crippen molar-refractivity contribution < 1.29 is 15.0 Å². The molecule has 3 rings (SSSR count). The lowest BCUT2D eigenvalue weighted by molar-refractivity contribution is -0.148. The number of aliphatic hydroxyl groups excluding tert-OH is 1. The Morgan fingerprint density at radius 2 is 1.91 bits per heavy atom. The van der Waals surface area contributed by atoms with Gasteiger partial charge in [0.1, 0.15) is 0 Å². The normalized spacial score (nSPS) is 46.8. The lowest BCUT2D eigenvalue weighted by atomic mass is 9.49. The van der Waals surface area contributed by atoms with E-state index in [9.17, 15) is 15.0 Å². The summed E-state index contributed by atoms with van der Waals surface area (Å²) in [6.07, 6.45) is 7.83. The van der Waals surface area contributed by atoms with Crippen molar-refractivity contribution in [3.05, 3.63) is 23.8 Å². The molecule has 3 heteroatoms. The number of allylic oxidation sites excluding steroid dienone is 1. The van der Waals surface area contributed by atoms with Crippen LogP contribution in [0.25, 0.3) is 0 Å². The number of carboxylic acids is 1. The summed E-state index contributed by atoms with van der Waals surface area (Å²) in [5.74, 6) is -0.209. The van der Waals surface area contributed by atoms with Gasteiger partial charge in [0.05, 0.1) is 11.5 Å². The van der Waals surface area contributed by atoms with E-state index in [-0.39, 0.29) is 10.8 Å². The average Bonchev–Trinajstić information content (AvgIpc) is 2.48. The molecule has 128 valence electrons. The Balaban J connectivity index is 2.05. The van der Waals surface area contributed by atoms with Crippen LogP contribution in [0.1, 0.15) is 65.7 Å². The van der Waals surface area contributed by atoms with Crippen molar-refractivity contribution in [1.29, 1.82) is 0 Å². The molecule has 0 saturated heterocycles. The molecule has 0 aromatic carbocycles. The second kappa shape index (κ2) is 5.20. The molecule has 0 aliphatic heterocycles. The van der Waals surface area contributed by atoms with E-state index in [0.717, 1.165) is 37.7 Å². The molecule has 23 heavy (non-hydrogen) atoms. The summed E-state index contributed by atoms with van der Waals surface area (Å²) in [5, 5.41) is 20.2. The van der Waals surface area contributed by atoms with E-state index in [1.165, 1.54) is 5.57 Å². The smallest absolute Gasteiger partial charge is 0.313 e. The molecule has 3 aliphatic carbocycles. The highest BCUT2D eigenvalue weighted by Gasteiger charge is 2.54. The number of carbonyl (C=O) groups is 1. The van der Waals surface area contributed by atoms with Gasteiger partial charge in [-0.05, 0) is 68.6 Å². The van der Waals surface area contributed by atoms with E-state index in [1.807, 2.05) is 6.92 Å². The standard InChI is InChI=1S/C20H30O3/c1-5-18(2)8-9-19(3)13(11-18)6-7-15-16(19)10-14(21)12-20(15,4)17(22)23/h5,13-14,21H,1,6-12H2,2-4H3,(H,22,23)/t13-,14-,18-,19-,20+/m1/s1. The molecule has 3 aliphatic rings. The van der Waals surface area contributed by atoms with Crippen LogP contribution in [0, 0.1) is 22.2 Å². The minimum absolute atomic E-state index is 0.0498. The van der Waals surface area contributed by atoms with E-state index in [1.54, 1.807) is 0 Å². The fraction of sp³-hybridized carbons (Fsp3) is 0.750. The largest absolute Gasteiger partial charge is 0.481 e. The van der Waals surface area contributed by atoms with Crippen LogP contribution in [0.3, 0.4) is 0 Å². The first-order valence-electron chi connectivity index (χ1n) is 8.93. The van der Waals surface area contributed by atoms with E-state index in [2.05, 4.69) is 26.5 Å². The summed E-state index contributed by atoms with van der Waals surface area (Å²) >= 11 is 0. The topological polar surface area (TPSA) is 57.5 Å². The minimum Gasteiger partial charge on any atom is -0.481 e. The molecular weight excluding hydrogens is 288 g/mol. The van der Waals surface area contributed by atoms with Crippen molar-refractivity contribution in [2.24, 2.45) is 22.2 Å². The van der Waals surface area contributed by atoms with Crippen molar-refractivity contribution in [1.82, 2.24) is 0 Å². The Kier molecular flexibility index (Phi) is 3.79. The first-order valence-corrected chi connectivity index (χ1v) is 8.93. The highest BCUT2D eigenvalue weighted by Crippen LogP contribution is 2.62. The quantitative estimate of drug-likeness (QED) is 0.745. The van der Waals surface area contributed by atoms with Gasteiger partial charge in [-0.15, -0.1) is 6.58 Å². The monoisotopic (exact) mass is 318 g/mol. The van der Waals surface area contributed by atoms with Crippen molar-refractivity contribution in [3.63, 3.8) is 0 Å². The fourth-order valence-corrected chi connectivity index (χ4v) is 5.54. The molecule has 2 N–H and O–H groups in total. The van der Waals surface area contributed by atoms with Gasteiger partial charge in [0.2, 0.25) is 0 Å². The van der Waals surface area contributed by atoms with Crippen LogP contribution in [0.15, 0.2) is 23.8 Å². The summed E-state index contributed by atoms with van der Waals surface area (Å²) in [6.45, 7) is 10.4. The molecule has 0 aromatic heterocycles. The Morgan fingerprint density at radius 3 is 2.52 bits per heavy atom. The van der Waals surface area contributed by atoms with Gasteiger partial charge in [-0.2, -0.15) is 0 Å². The van der Waals surface area contributed by atoms with Crippen LogP contribution in [-0.4, -0.2) is 22.3 Å². The predicted octanol–water partition coefficient (Wildman–Crippen LogP) is 4.32. The molecule has 0 spiro atoms. The van der Waals surface area contributed by atoms with Gasteiger partial charge in [0.25, 0.3) is 0 Å². The molecule has 1 fully saturated rings. The van der Waals surface area contributed by atoms with Gasteiger partial charge in [0, 0.05) is 0 Å². The maximum Gasteiger partial charge on any atom is 0.313 e. The SMILES string of the molecule is C=C[C@]1(C)CC[C@@]2(C)C3=C(CC[C@@H]2C1)[C@@](C)(C(=O)O)C[C@H](O)C3. The summed E-state index contributed by atoms with van der Waals surface area (Å²) < 4.78 is 0. The van der Waals surface area contributed by atoms with Crippen LogP contribution in [0.2, 0.25) is 0 Å². The Bertz CT molecular complexity index is 577. The molecule has 3 nitrogen and oxygen atoms in total. The molecule has 0 heterocycles. The van der Waals surface area contributed by atoms with Crippen LogP contribution in [0.4, 0.5) is 0 Å². The zero-order valence-electron chi connectivity index (χ0n) is 14.7. The maximum absolute atomic E-state index is 11.9. The summed E-state index contributed by atoms with van der Waals surface area (Å²) in [6, 6.07) is 0. The number of rotatable bonds is 2. The molecule has 5 atom stereocenters. The van der Waals surface area contributed by atoms with Gasteiger partial charge in [0.15, 0.2) is 0 Å². The zero-order chi connectivity index (χ0) is 17.0. The highest BCUT2D eigenvalue weighted by atomic mass is 16.4. The van der Waals surface area contributed by atoms with Crippen LogP contribution in [0.5, 0.6) is 0 Å². The minimum atomic E-state index is -0.889. The molecule has 0 unspecified atom stereocenters. The molecule has 0 amide bonds. The summed E-state index contributed by atoms with van der Waals surface area (Å²) in [4.78, 5) is 11.9. The van der Waals surface area contributed by atoms with Crippen LogP contribution in [-0.2, 0) is 4.79 Å². The lowest BCUT2D eigenvalue weighted by Gasteiger charge is -2.56. The number of aliphatic hydroxyl groups is 1. The second-order valence-corrected chi connectivity index (χ2v) is 8.87. The second-order valence-electron chi connectivity index (χ2n) is 8.87. The van der Waals surface area contributed by atoms with Gasteiger partial charge in [-0.25, -0.2) is 0 Å². The molecule has 1 saturated carbocycles. The van der Waals surface area contributed by atoms with Crippen LogP contribution < -0.4 is 0 Å². The molecule has 0 aromatic rings. The van der Waals surface area contributed by atoms with Gasteiger partial charge < -0.3 is 10.2 Å². The van der Waals surface area contributed by atoms with Crippen molar-refractivity contribution in [3.8, 4) is 0 Å². The van der Waals surface area contributed by atoms with Gasteiger partial charge in [-0.1, -0.05) is 31.1 Å². The predicted molar refractivity (Wildman–Crippen MR) is 91.0 cm³/mol. The average molecular weight is 318 g/mol. The van der Waals surface area contributed by atoms with Crippen LogP contribution >= 0.6 is 0 Å². The first kappa shape index (κ1) is 16.8. The molecule has 0 radical (unpaired) electrons. The van der Waals surface area contributed by atoms with E-state index in [0.29, 0.717) is 18.8 Å². The van der Waals surface area contributed by atoms with E-state index >= 15 is 0 Å². The number of fused-ring (bicyclic) bond motifs is 2. The molecule has 0 bridgehead atoms. The third kappa shape index (κ3) is 2.39. The Labute approximate surface area is 139 Å². The third-order valence-corrected chi connectivity index (χ3v) is 7.34. The highest BCUT2D eigenvalue weighted by molar-refractivity contribution is 5.79. The zero-order valence-corrected chi connectivity index (χ0v) is 14.7. The lowest BCUT2D eigenvalue weighted by Crippen LogP contribution is -2.48. The Hall–Kier alpha value is -1.09. The fourth-order valence-electron chi connectivity index (χ4n) is 5.54. The van der Waals surface area contributed by atoms with E-state index < -0.39 is 17.5 Å². The van der Waals surface area contributed by atoms with Crippen molar-refractivity contribution in [2.75, 3.05) is 0 Å². The summed E-state index contributed by atoms with van der Waals surface area (Å²) in [5.41, 5.74) is 1.75. The number of aliphatic carboxylic acids is 1.